The van der Waals surface area contributed by atoms with Gasteiger partial charge in [0.2, 0.25) is 5.88 Å². The lowest BCUT2D eigenvalue weighted by molar-refractivity contribution is 0.393. The third-order valence-corrected chi connectivity index (χ3v) is 3.20. The lowest BCUT2D eigenvalue weighted by Gasteiger charge is -2.15. The molecule has 2 heterocycles. The van der Waals surface area contributed by atoms with Crippen molar-refractivity contribution in [2.75, 3.05) is 12.4 Å². The maximum atomic E-state index is 6.14. The molecule has 0 aliphatic rings. The summed E-state index contributed by atoms with van der Waals surface area (Å²) in [6.07, 6.45) is 3.15. The number of ether oxygens (including phenoxy) is 1. The molecule has 0 atom stereocenters. The number of hydrogen-bond donors (Lipinski definition) is 1. The van der Waals surface area contributed by atoms with Crippen LogP contribution in [-0.4, -0.2) is 22.1 Å². The largest absolute Gasteiger partial charge is 0.481 e. The van der Waals surface area contributed by atoms with E-state index >= 15 is 0 Å². The van der Waals surface area contributed by atoms with Gasteiger partial charge in [0.05, 0.1) is 7.11 Å². The number of hydrogen-bond acceptors (Lipinski definition) is 5. The standard InChI is InChI=1S/C14H17ClN4O/c1-9(2)11-12(15)18-8-19-13(11)17-7-10-5-4-6-16-14(10)20-3/h4-6,8-9H,7H2,1-3H3,(H,17,18,19). The average Bonchev–Trinajstić information content (AvgIpc) is 2.45. The Labute approximate surface area is 123 Å². The minimum absolute atomic E-state index is 0.238. The average molecular weight is 293 g/mol. The van der Waals surface area contributed by atoms with Crippen LogP contribution in [0.15, 0.2) is 24.7 Å². The molecule has 0 bridgehead atoms. The van der Waals surface area contributed by atoms with Gasteiger partial charge in [-0.1, -0.05) is 31.5 Å². The topological polar surface area (TPSA) is 59.9 Å². The molecule has 0 saturated heterocycles. The number of methoxy groups -OCH3 is 1. The van der Waals surface area contributed by atoms with Gasteiger partial charge in [-0.05, 0) is 12.0 Å². The molecule has 0 amide bonds. The first-order valence-electron chi connectivity index (χ1n) is 6.35. The summed E-state index contributed by atoms with van der Waals surface area (Å²) in [5.74, 6) is 1.58. The molecule has 0 spiro atoms. The van der Waals surface area contributed by atoms with Gasteiger partial charge in [0.15, 0.2) is 0 Å². The third-order valence-electron chi connectivity index (χ3n) is 2.90. The number of anilines is 1. The third kappa shape index (κ3) is 3.17. The SMILES string of the molecule is COc1ncccc1CNc1ncnc(Cl)c1C(C)C. The van der Waals surface area contributed by atoms with Crippen LogP contribution in [0, 0.1) is 0 Å². The fourth-order valence-electron chi connectivity index (χ4n) is 1.95. The molecular weight excluding hydrogens is 276 g/mol. The van der Waals surface area contributed by atoms with Crippen LogP contribution >= 0.6 is 11.6 Å². The molecule has 0 unspecified atom stereocenters. The first-order chi connectivity index (χ1) is 9.63. The number of nitrogens with one attached hydrogen (secondary N) is 1. The molecule has 20 heavy (non-hydrogen) atoms. The Morgan fingerprint density at radius 1 is 1.30 bits per heavy atom. The van der Waals surface area contributed by atoms with Crippen LogP contribution in [0.5, 0.6) is 5.88 Å². The minimum atomic E-state index is 0.238. The molecule has 106 valence electrons. The normalized spacial score (nSPS) is 10.7. The molecule has 0 fully saturated rings. The Morgan fingerprint density at radius 2 is 2.10 bits per heavy atom. The van der Waals surface area contributed by atoms with Gasteiger partial charge in [0.25, 0.3) is 0 Å². The van der Waals surface area contributed by atoms with Crippen molar-refractivity contribution in [1.29, 1.82) is 0 Å². The highest BCUT2D eigenvalue weighted by Gasteiger charge is 2.14. The zero-order valence-corrected chi connectivity index (χ0v) is 12.5. The van der Waals surface area contributed by atoms with Crippen LogP contribution in [-0.2, 0) is 6.54 Å². The van der Waals surface area contributed by atoms with Gasteiger partial charge < -0.3 is 10.1 Å². The minimum Gasteiger partial charge on any atom is -0.481 e. The fourth-order valence-corrected chi connectivity index (χ4v) is 2.30. The summed E-state index contributed by atoms with van der Waals surface area (Å²) < 4.78 is 5.23. The maximum absolute atomic E-state index is 6.14. The molecule has 0 aliphatic heterocycles. The summed E-state index contributed by atoms with van der Waals surface area (Å²) in [4.78, 5) is 12.5. The van der Waals surface area contributed by atoms with Crippen LogP contribution in [0.2, 0.25) is 5.15 Å². The summed E-state index contributed by atoms with van der Waals surface area (Å²) in [6.45, 7) is 4.67. The van der Waals surface area contributed by atoms with E-state index in [1.807, 2.05) is 12.1 Å². The monoisotopic (exact) mass is 292 g/mol. The lowest BCUT2D eigenvalue weighted by Crippen LogP contribution is -2.08. The van der Waals surface area contributed by atoms with Gasteiger partial charge in [-0.25, -0.2) is 15.0 Å². The molecule has 5 nitrogen and oxygen atoms in total. The Hall–Kier alpha value is -1.88. The second-order valence-electron chi connectivity index (χ2n) is 4.61. The highest BCUT2D eigenvalue weighted by atomic mass is 35.5. The summed E-state index contributed by atoms with van der Waals surface area (Å²) in [5.41, 5.74) is 1.87. The zero-order valence-electron chi connectivity index (χ0n) is 11.7. The van der Waals surface area contributed by atoms with E-state index < -0.39 is 0 Å². The summed E-state index contributed by atoms with van der Waals surface area (Å²) >= 11 is 6.14. The van der Waals surface area contributed by atoms with Gasteiger partial charge in [-0.15, -0.1) is 0 Å². The van der Waals surface area contributed by atoms with Crippen LogP contribution in [0.25, 0.3) is 0 Å². The van der Waals surface area contributed by atoms with Crippen molar-refractivity contribution in [2.24, 2.45) is 0 Å². The molecule has 2 rings (SSSR count). The second-order valence-corrected chi connectivity index (χ2v) is 4.96. The van der Waals surface area contributed by atoms with Gasteiger partial charge in [-0.3, -0.25) is 0 Å². The maximum Gasteiger partial charge on any atom is 0.218 e. The number of aromatic nitrogens is 3. The molecule has 6 heteroatoms. The van der Waals surface area contributed by atoms with E-state index in [9.17, 15) is 0 Å². The number of pyridine rings is 1. The Balaban J connectivity index is 2.21. The molecule has 0 aromatic carbocycles. The van der Waals surface area contributed by atoms with Gasteiger partial charge in [-0.2, -0.15) is 0 Å². The van der Waals surface area contributed by atoms with E-state index in [0.717, 1.165) is 16.9 Å². The Morgan fingerprint density at radius 3 is 2.80 bits per heavy atom. The highest BCUT2D eigenvalue weighted by molar-refractivity contribution is 6.30. The summed E-state index contributed by atoms with van der Waals surface area (Å²) in [6, 6.07) is 3.83. The smallest absolute Gasteiger partial charge is 0.218 e. The van der Waals surface area contributed by atoms with Crippen molar-refractivity contribution in [3.05, 3.63) is 40.9 Å². The fraction of sp³-hybridized carbons (Fsp3) is 0.357. The first-order valence-corrected chi connectivity index (χ1v) is 6.73. The van der Waals surface area contributed by atoms with E-state index in [2.05, 4.69) is 34.1 Å². The molecule has 2 aromatic rings. The van der Waals surface area contributed by atoms with Gasteiger partial charge in [0.1, 0.15) is 17.3 Å². The van der Waals surface area contributed by atoms with Gasteiger partial charge >= 0.3 is 0 Å². The van der Waals surface area contributed by atoms with Crippen LogP contribution < -0.4 is 10.1 Å². The van der Waals surface area contributed by atoms with Crippen LogP contribution in [0.1, 0.15) is 30.9 Å². The predicted molar refractivity (Wildman–Crippen MR) is 79.2 cm³/mol. The van der Waals surface area contributed by atoms with Gasteiger partial charge in [0, 0.05) is 23.9 Å². The predicted octanol–water partition coefficient (Wildman–Crippen LogP) is 3.27. The van der Waals surface area contributed by atoms with E-state index in [4.69, 9.17) is 16.3 Å². The molecule has 0 radical (unpaired) electrons. The number of nitrogens with zero attached hydrogens (tertiary/aromatic N) is 3. The van der Waals surface area contributed by atoms with Crippen LogP contribution in [0.3, 0.4) is 0 Å². The van der Waals surface area contributed by atoms with Crippen molar-refractivity contribution in [3.63, 3.8) is 0 Å². The Kier molecular flexibility index (Phi) is 4.74. The summed E-state index contributed by atoms with van der Waals surface area (Å²) in [7, 11) is 1.60. The Bertz CT molecular complexity index is 589. The number of halogens is 1. The van der Waals surface area contributed by atoms with Crippen molar-refractivity contribution < 1.29 is 4.74 Å². The lowest BCUT2D eigenvalue weighted by atomic mass is 10.1. The van der Waals surface area contributed by atoms with E-state index in [-0.39, 0.29) is 5.92 Å². The number of rotatable bonds is 5. The second kappa shape index (κ2) is 6.52. The zero-order chi connectivity index (χ0) is 14.5. The van der Waals surface area contributed by atoms with Crippen molar-refractivity contribution in [1.82, 2.24) is 15.0 Å². The molecule has 0 saturated carbocycles. The van der Waals surface area contributed by atoms with Crippen molar-refractivity contribution in [2.45, 2.75) is 26.3 Å². The molecule has 0 aliphatic carbocycles. The first kappa shape index (κ1) is 14.5. The van der Waals surface area contributed by atoms with Crippen molar-refractivity contribution in [3.8, 4) is 5.88 Å². The van der Waals surface area contributed by atoms with Crippen molar-refractivity contribution >= 4 is 17.4 Å². The quantitative estimate of drug-likeness (QED) is 0.857. The van der Waals surface area contributed by atoms with E-state index in [1.165, 1.54) is 6.33 Å². The summed E-state index contributed by atoms with van der Waals surface area (Å²) in [5, 5.41) is 3.75. The van der Waals surface area contributed by atoms with E-state index in [0.29, 0.717) is 17.6 Å². The molecule has 1 N–H and O–H groups in total. The molecule has 2 aromatic heterocycles. The molecular formula is C14H17ClN4O. The van der Waals surface area contributed by atoms with E-state index in [1.54, 1.807) is 13.3 Å². The highest BCUT2D eigenvalue weighted by Crippen LogP contribution is 2.28. The van der Waals surface area contributed by atoms with Crippen LogP contribution in [0.4, 0.5) is 5.82 Å².